The predicted octanol–water partition coefficient (Wildman–Crippen LogP) is 2.78. The first-order chi connectivity index (χ1) is 13.2. The molecule has 8 heteroatoms. The molecule has 0 aliphatic carbocycles. The summed E-state index contributed by atoms with van der Waals surface area (Å²) in [6.07, 6.45) is -0.573. The topological polar surface area (TPSA) is 86.9 Å². The maximum Gasteiger partial charge on any atom is 0.268 e. The lowest BCUT2D eigenvalue weighted by Crippen LogP contribution is -2.44. The van der Waals surface area contributed by atoms with Crippen molar-refractivity contribution in [1.82, 2.24) is 10.1 Å². The van der Waals surface area contributed by atoms with Gasteiger partial charge in [-0.15, -0.1) is 0 Å². The fraction of sp³-hybridized carbons (Fsp3) is 0.211. The summed E-state index contributed by atoms with van der Waals surface area (Å²) in [4.78, 5) is 18.6. The van der Waals surface area contributed by atoms with Crippen LogP contribution in [0.4, 0.5) is 5.69 Å². The molecule has 0 saturated heterocycles. The lowest BCUT2D eigenvalue weighted by Gasteiger charge is -2.31. The van der Waals surface area contributed by atoms with Gasteiger partial charge in [0.25, 0.3) is 5.91 Å². The lowest BCUT2D eigenvalue weighted by atomic mass is 10.2. The van der Waals surface area contributed by atoms with Crippen LogP contribution in [-0.4, -0.2) is 28.9 Å². The van der Waals surface area contributed by atoms with Gasteiger partial charge in [0.15, 0.2) is 17.6 Å². The highest BCUT2D eigenvalue weighted by Crippen LogP contribution is 2.36. The first-order valence-electron chi connectivity index (χ1n) is 8.49. The van der Waals surface area contributed by atoms with Crippen LogP contribution in [0.3, 0.4) is 0 Å². The third-order valence-electron chi connectivity index (χ3n) is 4.47. The number of aromatic nitrogens is 2. The first-order valence-corrected chi connectivity index (χ1v) is 8.49. The Morgan fingerprint density at radius 1 is 1.11 bits per heavy atom. The molecule has 0 spiro atoms. The first kappa shape index (κ1) is 15.7. The number of fused-ring (bicyclic) bond motifs is 2. The van der Waals surface area contributed by atoms with E-state index in [0.717, 1.165) is 5.56 Å². The van der Waals surface area contributed by atoms with Crippen molar-refractivity contribution in [2.24, 2.45) is 0 Å². The molecule has 0 unspecified atom stereocenters. The Morgan fingerprint density at radius 2 is 1.96 bits per heavy atom. The second kappa shape index (κ2) is 6.01. The molecular formula is C19H15N3O5. The minimum atomic E-state index is -0.573. The molecule has 1 atom stereocenters. The third-order valence-corrected chi connectivity index (χ3v) is 4.47. The van der Waals surface area contributed by atoms with Gasteiger partial charge in [0.2, 0.25) is 18.5 Å². The van der Waals surface area contributed by atoms with E-state index < -0.39 is 6.10 Å². The van der Waals surface area contributed by atoms with Crippen LogP contribution < -0.4 is 19.1 Å². The van der Waals surface area contributed by atoms with Gasteiger partial charge in [-0.1, -0.05) is 17.3 Å². The SMILES string of the molecule is C[C@H]1Oc2ccccc2N(Cc2nc(-c3ccc4c(c3)OCO4)no2)C1=O. The van der Waals surface area contributed by atoms with Crippen molar-refractivity contribution in [2.45, 2.75) is 19.6 Å². The zero-order valence-electron chi connectivity index (χ0n) is 14.4. The normalized spacial score (nSPS) is 17.6. The molecule has 1 aromatic heterocycles. The molecule has 3 aromatic rings. The highest BCUT2D eigenvalue weighted by atomic mass is 16.7. The highest BCUT2D eigenvalue weighted by molar-refractivity contribution is 5.99. The number of para-hydroxylation sites is 2. The molecule has 3 heterocycles. The number of hydrogen-bond acceptors (Lipinski definition) is 7. The van der Waals surface area contributed by atoms with E-state index >= 15 is 0 Å². The molecule has 0 bridgehead atoms. The van der Waals surface area contributed by atoms with E-state index in [2.05, 4.69) is 10.1 Å². The van der Waals surface area contributed by atoms with Crippen molar-refractivity contribution < 1.29 is 23.5 Å². The molecule has 2 aliphatic heterocycles. The Balaban J connectivity index is 1.43. The molecule has 2 aliphatic rings. The number of ether oxygens (including phenoxy) is 3. The molecule has 0 saturated carbocycles. The molecule has 2 aromatic carbocycles. The number of rotatable bonds is 3. The van der Waals surface area contributed by atoms with E-state index in [1.165, 1.54) is 0 Å². The number of hydrogen-bond donors (Lipinski definition) is 0. The van der Waals surface area contributed by atoms with Gasteiger partial charge in [-0.05, 0) is 37.3 Å². The summed E-state index contributed by atoms with van der Waals surface area (Å²) in [7, 11) is 0. The maximum absolute atomic E-state index is 12.6. The Hall–Kier alpha value is -3.55. The van der Waals surface area contributed by atoms with Crippen molar-refractivity contribution >= 4 is 11.6 Å². The van der Waals surface area contributed by atoms with Crippen LogP contribution in [-0.2, 0) is 11.3 Å². The Labute approximate surface area is 154 Å². The smallest absolute Gasteiger partial charge is 0.268 e. The average molecular weight is 365 g/mol. The van der Waals surface area contributed by atoms with Gasteiger partial charge in [0.05, 0.1) is 5.69 Å². The summed E-state index contributed by atoms with van der Waals surface area (Å²) >= 11 is 0. The summed E-state index contributed by atoms with van der Waals surface area (Å²) in [6, 6.07) is 12.8. The van der Waals surface area contributed by atoms with Crippen LogP contribution in [0.15, 0.2) is 47.0 Å². The molecule has 5 rings (SSSR count). The van der Waals surface area contributed by atoms with Gasteiger partial charge in [-0.3, -0.25) is 9.69 Å². The monoisotopic (exact) mass is 365 g/mol. The van der Waals surface area contributed by atoms with E-state index in [1.807, 2.05) is 30.3 Å². The minimum absolute atomic E-state index is 0.156. The van der Waals surface area contributed by atoms with Crippen molar-refractivity contribution in [3.05, 3.63) is 48.4 Å². The van der Waals surface area contributed by atoms with E-state index in [0.29, 0.717) is 34.7 Å². The van der Waals surface area contributed by atoms with Crippen LogP contribution in [0.1, 0.15) is 12.8 Å². The Bertz CT molecular complexity index is 1030. The molecule has 0 fully saturated rings. The predicted molar refractivity (Wildman–Crippen MR) is 93.6 cm³/mol. The fourth-order valence-corrected chi connectivity index (χ4v) is 3.13. The van der Waals surface area contributed by atoms with Gasteiger partial charge in [0.1, 0.15) is 12.3 Å². The average Bonchev–Trinajstić information content (AvgIpc) is 3.34. The zero-order chi connectivity index (χ0) is 18.4. The van der Waals surface area contributed by atoms with E-state index in [-0.39, 0.29) is 19.2 Å². The van der Waals surface area contributed by atoms with Crippen molar-refractivity contribution in [3.8, 4) is 28.6 Å². The maximum atomic E-state index is 12.6. The fourth-order valence-electron chi connectivity index (χ4n) is 3.13. The molecule has 1 amide bonds. The second-order valence-electron chi connectivity index (χ2n) is 6.23. The number of carbonyl (C=O) groups excluding carboxylic acids is 1. The molecule has 0 radical (unpaired) electrons. The molecule has 136 valence electrons. The minimum Gasteiger partial charge on any atom is -0.479 e. The molecule has 27 heavy (non-hydrogen) atoms. The summed E-state index contributed by atoms with van der Waals surface area (Å²) in [5.41, 5.74) is 1.43. The Morgan fingerprint density at radius 3 is 2.89 bits per heavy atom. The van der Waals surface area contributed by atoms with Crippen LogP contribution in [0.5, 0.6) is 17.2 Å². The largest absolute Gasteiger partial charge is 0.479 e. The summed E-state index contributed by atoms with van der Waals surface area (Å²) < 4.78 is 21.7. The van der Waals surface area contributed by atoms with E-state index in [4.69, 9.17) is 18.7 Å². The van der Waals surface area contributed by atoms with E-state index in [1.54, 1.807) is 24.0 Å². The third kappa shape index (κ3) is 2.66. The van der Waals surface area contributed by atoms with Crippen molar-refractivity contribution in [1.29, 1.82) is 0 Å². The highest BCUT2D eigenvalue weighted by Gasteiger charge is 2.32. The van der Waals surface area contributed by atoms with Crippen LogP contribution in [0.25, 0.3) is 11.4 Å². The Kier molecular flexibility index (Phi) is 3.49. The number of nitrogens with zero attached hydrogens (tertiary/aromatic N) is 3. The second-order valence-corrected chi connectivity index (χ2v) is 6.23. The number of anilines is 1. The van der Waals surface area contributed by atoms with Crippen LogP contribution in [0, 0.1) is 0 Å². The van der Waals surface area contributed by atoms with Gasteiger partial charge in [-0.25, -0.2) is 0 Å². The molecule has 0 N–H and O–H groups in total. The molecular weight excluding hydrogens is 350 g/mol. The van der Waals surface area contributed by atoms with Gasteiger partial charge in [-0.2, -0.15) is 4.98 Å². The lowest BCUT2D eigenvalue weighted by molar-refractivity contribution is -0.125. The number of benzene rings is 2. The van der Waals surface area contributed by atoms with Gasteiger partial charge < -0.3 is 18.7 Å². The van der Waals surface area contributed by atoms with Crippen molar-refractivity contribution in [2.75, 3.05) is 11.7 Å². The number of amides is 1. The summed E-state index contributed by atoms with van der Waals surface area (Å²) in [6.45, 7) is 2.09. The summed E-state index contributed by atoms with van der Waals surface area (Å²) in [5.74, 6) is 2.58. The van der Waals surface area contributed by atoms with Gasteiger partial charge >= 0.3 is 0 Å². The zero-order valence-corrected chi connectivity index (χ0v) is 14.4. The quantitative estimate of drug-likeness (QED) is 0.705. The summed E-state index contributed by atoms with van der Waals surface area (Å²) in [5, 5.41) is 4.03. The van der Waals surface area contributed by atoms with Crippen LogP contribution >= 0.6 is 0 Å². The van der Waals surface area contributed by atoms with Crippen molar-refractivity contribution in [3.63, 3.8) is 0 Å². The number of carbonyl (C=O) groups is 1. The standard InChI is InChI=1S/C19H15N3O5/c1-11-19(23)22(13-4-2-3-5-14(13)26-11)9-17-20-18(21-27-17)12-6-7-15-16(8-12)25-10-24-15/h2-8,11H,9-10H2,1H3/t11-/m1/s1. The van der Waals surface area contributed by atoms with E-state index in [9.17, 15) is 4.79 Å². The van der Waals surface area contributed by atoms with Crippen LogP contribution in [0.2, 0.25) is 0 Å². The molecule has 8 nitrogen and oxygen atoms in total. The van der Waals surface area contributed by atoms with Gasteiger partial charge in [0, 0.05) is 5.56 Å².